The summed E-state index contributed by atoms with van der Waals surface area (Å²) in [6, 6.07) is 1.80. The molecule has 1 fully saturated rings. The minimum atomic E-state index is -0.421. The number of carbonyl (C=O) groups excluding carboxylic acids is 2. The lowest BCUT2D eigenvalue weighted by Crippen LogP contribution is -2.35. The van der Waals surface area contributed by atoms with Crippen molar-refractivity contribution < 1.29 is 9.59 Å². The van der Waals surface area contributed by atoms with Crippen molar-refractivity contribution in [2.24, 2.45) is 0 Å². The molecule has 0 saturated carbocycles. The first-order chi connectivity index (χ1) is 8.38. The van der Waals surface area contributed by atoms with Crippen molar-refractivity contribution >= 4 is 23.6 Å². The van der Waals surface area contributed by atoms with E-state index in [4.69, 9.17) is 5.26 Å². The van der Waals surface area contributed by atoms with E-state index in [-0.39, 0.29) is 29.3 Å². The second-order valence-electron chi connectivity index (χ2n) is 4.57. The van der Waals surface area contributed by atoms with Crippen LogP contribution in [0.5, 0.6) is 0 Å². The Morgan fingerprint density at radius 1 is 1.44 bits per heavy atom. The van der Waals surface area contributed by atoms with Gasteiger partial charge in [0.1, 0.15) is 16.7 Å². The number of thioether (sulfide) groups is 1. The van der Waals surface area contributed by atoms with Gasteiger partial charge in [0.05, 0.1) is 5.75 Å². The molecular formula is C12H17N3O2S. The minimum Gasteiger partial charge on any atom is -0.349 e. The lowest BCUT2D eigenvalue weighted by molar-refractivity contribution is -0.126. The third kappa shape index (κ3) is 3.05. The van der Waals surface area contributed by atoms with Crippen LogP contribution in [0.3, 0.4) is 0 Å². The molecular weight excluding hydrogens is 250 g/mol. The number of rotatable bonds is 3. The van der Waals surface area contributed by atoms with Crippen LogP contribution in [-0.2, 0) is 9.59 Å². The first-order valence-corrected chi connectivity index (χ1v) is 6.77. The van der Waals surface area contributed by atoms with Gasteiger partial charge in [-0.2, -0.15) is 5.26 Å². The first-order valence-electron chi connectivity index (χ1n) is 5.78. The summed E-state index contributed by atoms with van der Waals surface area (Å²) in [7, 11) is 0. The molecule has 0 atom stereocenters. The lowest BCUT2D eigenvalue weighted by atomic mass is 10.2. The molecule has 2 amide bonds. The molecule has 0 aromatic rings. The van der Waals surface area contributed by atoms with Crippen LogP contribution in [0.4, 0.5) is 0 Å². The van der Waals surface area contributed by atoms with Gasteiger partial charge in [-0.15, -0.1) is 0 Å². The molecule has 1 N–H and O–H groups in total. The van der Waals surface area contributed by atoms with Gasteiger partial charge in [0.15, 0.2) is 0 Å². The molecule has 1 aliphatic heterocycles. The van der Waals surface area contributed by atoms with Crippen molar-refractivity contribution in [2.75, 3.05) is 5.75 Å². The van der Waals surface area contributed by atoms with Gasteiger partial charge >= 0.3 is 0 Å². The second-order valence-corrected chi connectivity index (χ2v) is 5.53. The fourth-order valence-electron chi connectivity index (χ4n) is 1.63. The normalized spacial score (nSPS) is 18.3. The summed E-state index contributed by atoms with van der Waals surface area (Å²) in [5.74, 6) is -0.196. The predicted molar refractivity (Wildman–Crippen MR) is 70.4 cm³/mol. The zero-order chi connectivity index (χ0) is 13.9. The summed E-state index contributed by atoms with van der Waals surface area (Å²) >= 11 is 1.25. The van der Waals surface area contributed by atoms with Crippen LogP contribution >= 0.6 is 11.8 Å². The molecule has 6 heteroatoms. The van der Waals surface area contributed by atoms with Crippen molar-refractivity contribution in [2.45, 2.75) is 39.8 Å². The average molecular weight is 267 g/mol. The Labute approximate surface area is 111 Å². The third-order valence-electron chi connectivity index (χ3n) is 2.31. The summed E-state index contributed by atoms with van der Waals surface area (Å²) in [5, 5.41) is 12.3. The van der Waals surface area contributed by atoms with E-state index in [0.29, 0.717) is 5.03 Å². The number of carbonyl (C=O) groups is 2. The molecule has 0 unspecified atom stereocenters. The smallest absolute Gasteiger partial charge is 0.264 e. The Morgan fingerprint density at radius 2 is 2.06 bits per heavy atom. The summed E-state index contributed by atoms with van der Waals surface area (Å²) < 4.78 is 0. The van der Waals surface area contributed by atoms with Gasteiger partial charge in [0, 0.05) is 12.1 Å². The van der Waals surface area contributed by atoms with E-state index in [1.165, 1.54) is 16.7 Å². The Balaban J connectivity index is 3.11. The summed E-state index contributed by atoms with van der Waals surface area (Å²) in [6.45, 7) is 7.37. The van der Waals surface area contributed by atoms with Crippen LogP contribution in [0.2, 0.25) is 0 Å². The third-order valence-corrected chi connectivity index (χ3v) is 3.37. The molecule has 1 rings (SSSR count). The van der Waals surface area contributed by atoms with E-state index >= 15 is 0 Å². The molecule has 0 spiro atoms. The standard InChI is InChI=1S/C12H17N3O2S/c1-7(2)14-11(17)9(5-13)12-15(8(3)4)10(16)6-18-12/h7-8H,6H2,1-4H3,(H,14,17)/b12-9-. The average Bonchev–Trinajstić information content (AvgIpc) is 2.60. The maximum absolute atomic E-state index is 11.9. The highest BCUT2D eigenvalue weighted by molar-refractivity contribution is 8.04. The monoisotopic (exact) mass is 267 g/mol. The lowest BCUT2D eigenvalue weighted by Gasteiger charge is -2.22. The van der Waals surface area contributed by atoms with Crippen molar-refractivity contribution in [3.63, 3.8) is 0 Å². The van der Waals surface area contributed by atoms with Gasteiger partial charge in [-0.1, -0.05) is 11.8 Å². The minimum absolute atomic E-state index is 0.0215. The van der Waals surface area contributed by atoms with Crippen LogP contribution < -0.4 is 5.32 Å². The Kier molecular flexibility index (Phi) is 4.79. The molecule has 18 heavy (non-hydrogen) atoms. The van der Waals surface area contributed by atoms with Gasteiger partial charge in [0.25, 0.3) is 5.91 Å². The highest BCUT2D eigenvalue weighted by Gasteiger charge is 2.33. The molecule has 98 valence electrons. The van der Waals surface area contributed by atoms with E-state index in [0.717, 1.165) is 0 Å². The van der Waals surface area contributed by atoms with Gasteiger partial charge < -0.3 is 10.2 Å². The van der Waals surface area contributed by atoms with Crippen LogP contribution in [0.25, 0.3) is 0 Å². The molecule has 1 aliphatic rings. The number of nitrogens with zero attached hydrogens (tertiary/aromatic N) is 2. The summed E-state index contributed by atoms with van der Waals surface area (Å²) in [4.78, 5) is 25.1. The molecule has 0 aliphatic carbocycles. The highest BCUT2D eigenvalue weighted by atomic mass is 32.2. The van der Waals surface area contributed by atoms with E-state index in [1.807, 2.05) is 33.8 Å². The maximum atomic E-state index is 11.9. The number of nitriles is 1. The van der Waals surface area contributed by atoms with Gasteiger partial charge in [-0.25, -0.2) is 0 Å². The van der Waals surface area contributed by atoms with Crippen molar-refractivity contribution in [3.05, 3.63) is 10.6 Å². The van der Waals surface area contributed by atoms with Crippen molar-refractivity contribution in [3.8, 4) is 6.07 Å². The Bertz CT molecular complexity index is 435. The van der Waals surface area contributed by atoms with E-state index < -0.39 is 5.91 Å². The van der Waals surface area contributed by atoms with Gasteiger partial charge in [-0.3, -0.25) is 9.59 Å². The summed E-state index contributed by atoms with van der Waals surface area (Å²) in [5.41, 5.74) is 0.0215. The van der Waals surface area contributed by atoms with Crippen molar-refractivity contribution in [1.82, 2.24) is 10.2 Å². The zero-order valence-corrected chi connectivity index (χ0v) is 11.8. The Hall–Kier alpha value is -1.48. The van der Waals surface area contributed by atoms with Crippen LogP contribution in [0.1, 0.15) is 27.7 Å². The molecule has 0 aromatic heterocycles. The largest absolute Gasteiger partial charge is 0.349 e. The van der Waals surface area contributed by atoms with E-state index in [9.17, 15) is 9.59 Å². The molecule has 0 bridgehead atoms. The quantitative estimate of drug-likeness (QED) is 0.616. The number of hydrogen-bond donors (Lipinski definition) is 1. The molecule has 1 heterocycles. The number of amides is 2. The molecule has 0 aromatic carbocycles. The SMILES string of the molecule is CC(C)NC(=O)/C(C#N)=C1\SCC(=O)N1C(C)C. The Morgan fingerprint density at radius 3 is 2.50 bits per heavy atom. The number of hydrogen-bond acceptors (Lipinski definition) is 4. The van der Waals surface area contributed by atoms with Crippen LogP contribution in [-0.4, -0.2) is 34.6 Å². The molecule has 5 nitrogen and oxygen atoms in total. The summed E-state index contributed by atoms with van der Waals surface area (Å²) in [6.07, 6.45) is 0. The highest BCUT2D eigenvalue weighted by Crippen LogP contribution is 2.33. The van der Waals surface area contributed by atoms with Gasteiger partial charge in [0.2, 0.25) is 5.91 Å². The number of nitrogens with one attached hydrogen (secondary N) is 1. The van der Waals surface area contributed by atoms with E-state index in [1.54, 1.807) is 0 Å². The molecule has 0 radical (unpaired) electrons. The van der Waals surface area contributed by atoms with E-state index in [2.05, 4.69) is 5.32 Å². The molecule has 1 saturated heterocycles. The predicted octanol–water partition coefficient (Wildman–Crippen LogP) is 1.23. The topological polar surface area (TPSA) is 73.2 Å². The zero-order valence-electron chi connectivity index (χ0n) is 11.0. The fraction of sp³-hybridized carbons (Fsp3) is 0.583. The first kappa shape index (κ1) is 14.6. The van der Waals surface area contributed by atoms with Crippen molar-refractivity contribution in [1.29, 1.82) is 5.26 Å². The van der Waals surface area contributed by atoms with Gasteiger partial charge in [-0.05, 0) is 27.7 Å². The van der Waals surface area contributed by atoms with Crippen LogP contribution in [0.15, 0.2) is 10.6 Å². The maximum Gasteiger partial charge on any atom is 0.264 e. The fourth-order valence-corrected chi connectivity index (χ4v) is 2.76. The second kappa shape index (κ2) is 5.91. The van der Waals surface area contributed by atoms with Crippen LogP contribution in [0, 0.1) is 11.3 Å².